The van der Waals surface area contributed by atoms with Crippen molar-refractivity contribution in [3.8, 4) is 0 Å². The summed E-state index contributed by atoms with van der Waals surface area (Å²) in [6, 6.07) is 4.87. The summed E-state index contributed by atoms with van der Waals surface area (Å²) in [5.74, 6) is -0.913. The van der Waals surface area contributed by atoms with E-state index in [1.807, 2.05) is 6.92 Å². The highest BCUT2D eigenvalue weighted by molar-refractivity contribution is 7.89. The maximum atomic E-state index is 12.6. The number of halogens is 1. The van der Waals surface area contributed by atoms with Crippen LogP contribution in [0, 0.1) is 5.92 Å². The van der Waals surface area contributed by atoms with Gasteiger partial charge in [0.05, 0.1) is 4.90 Å². The molecule has 1 N–H and O–H groups in total. The molecule has 1 aromatic rings. The minimum absolute atomic E-state index is 0.0332. The van der Waals surface area contributed by atoms with E-state index in [1.54, 1.807) is 6.07 Å². The molecule has 2 atom stereocenters. The molecule has 20 heavy (non-hydrogen) atoms. The van der Waals surface area contributed by atoms with Gasteiger partial charge >= 0.3 is 5.97 Å². The molecule has 1 fully saturated rings. The zero-order chi connectivity index (χ0) is 14.9. The van der Waals surface area contributed by atoms with Crippen molar-refractivity contribution in [1.82, 2.24) is 4.31 Å². The number of carboxylic acid groups (broad SMARTS) is 1. The van der Waals surface area contributed by atoms with Crippen molar-refractivity contribution in [3.63, 3.8) is 0 Å². The van der Waals surface area contributed by atoms with Crippen LogP contribution in [0.15, 0.2) is 29.2 Å². The predicted octanol–water partition coefficient (Wildman–Crippen LogP) is 2.21. The van der Waals surface area contributed by atoms with Gasteiger partial charge in [-0.15, -0.1) is 0 Å². The third kappa shape index (κ3) is 2.97. The van der Waals surface area contributed by atoms with Gasteiger partial charge in [0.1, 0.15) is 6.04 Å². The fourth-order valence-electron chi connectivity index (χ4n) is 2.39. The molecule has 0 saturated carbocycles. The lowest BCUT2D eigenvalue weighted by Crippen LogP contribution is -2.49. The van der Waals surface area contributed by atoms with Crippen LogP contribution in [-0.2, 0) is 14.8 Å². The Labute approximate surface area is 123 Å². The minimum atomic E-state index is -3.83. The van der Waals surface area contributed by atoms with Gasteiger partial charge in [0.25, 0.3) is 0 Å². The fraction of sp³-hybridized carbons (Fsp3) is 0.462. The Balaban J connectivity index is 2.39. The Morgan fingerprint density at radius 1 is 1.45 bits per heavy atom. The second kappa shape index (κ2) is 5.71. The first-order valence-electron chi connectivity index (χ1n) is 6.32. The van der Waals surface area contributed by atoms with E-state index in [0.29, 0.717) is 17.9 Å². The van der Waals surface area contributed by atoms with E-state index < -0.39 is 22.0 Å². The lowest BCUT2D eigenvalue weighted by atomic mass is 9.94. The van der Waals surface area contributed by atoms with Crippen LogP contribution in [0.25, 0.3) is 0 Å². The number of nitrogens with zero attached hydrogens (tertiary/aromatic N) is 1. The number of carboxylic acids is 1. The van der Waals surface area contributed by atoms with E-state index >= 15 is 0 Å². The van der Waals surface area contributed by atoms with Crippen molar-refractivity contribution in [3.05, 3.63) is 29.3 Å². The summed E-state index contributed by atoms with van der Waals surface area (Å²) in [4.78, 5) is 11.4. The summed E-state index contributed by atoms with van der Waals surface area (Å²) >= 11 is 5.81. The molecule has 5 nitrogen and oxygen atoms in total. The Bertz CT molecular complexity index is 617. The maximum Gasteiger partial charge on any atom is 0.322 e. The van der Waals surface area contributed by atoms with Gasteiger partial charge in [0.2, 0.25) is 10.0 Å². The van der Waals surface area contributed by atoms with Crippen molar-refractivity contribution in [2.24, 2.45) is 5.92 Å². The van der Waals surface area contributed by atoms with Crippen LogP contribution in [-0.4, -0.2) is 36.4 Å². The van der Waals surface area contributed by atoms with Crippen LogP contribution in [0.1, 0.15) is 19.8 Å². The largest absolute Gasteiger partial charge is 0.480 e. The van der Waals surface area contributed by atoms with Crippen molar-refractivity contribution >= 4 is 27.6 Å². The van der Waals surface area contributed by atoms with Gasteiger partial charge in [-0.3, -0.25) is 4.79 Å². The normalized spacial score (nSPS) is 24.5. The molecule has 0 amide bonds. The molecule has 2 rings (SSSR count). The molecule has 110 valence electrons. The van der Waals surface area contributed by atoms with Gasteiger partial charge in [-0.05, 0) is 37.0 Å². The number of carbonyl (C=O) groups is 1. The van der Waals surface area contributed by atoms with Gasteiger partial charge in [0.15, 0.2) is 0 Å². The number of hydrogen-bond donors (Lipinski definition) is 1. The van der Waals surface area contributed by atoms with Gasteiger partial charge in [-0.2, -0.15) is 4.31 Å². The zero-order valence-corrected chi connectivity index (χ0v) is 12.6. The monoisotopic (exact) mass is 317 g/mol. The molecule has 0 bridgehead atoms. The average Bonchev–Trinajstić information content (AvgIpc) is 2.38. The molecule has 1 aromatic carbocycles. The maximum absolute atomic E-state index is 12.6. The van der Waals surface area contributed by atoms with Gasteiger partial charge in [-0.1, -0.05) is 24.6 Å². The molecule has 0 radical (unpaired) electrons. The third-order valence-electron chi connectivity index (χ3n) is 3.50. The van der Waals surface area contributed by atoms with Crippen molar-refractivity contribution < 1.29 is 18.3 Å². The van der Waals surface area contributed by atoms with E-state index in [-0.39, 0.29) is 17.4 Å². The van der Waals surface area contributed by atoms with E-state index in [1.165, 1.54) is 18.2 Å². The predicted molar refractivity (Wildman–Crippen MR) is 75.2 cm³/mol. The summed E-state index contributed by atoms with van der Waals surface area (Å²) in [6.07, 6.45) is 0.985. The minimum Gasteiger partial charge on any atom is -0.480 e. The second-order valence-electron chi connectivity index (χ2n) is 5.06. The van der Waals surface area contributed by atoms with Gasteiger partial charge in [0, 0.05) is 11.6 Å². The number of benzene rings is 1. The van der Waals surface area contributed by atoms with Gasteiger partial charge < -0.3 is 5.11 Å². The average molecular weight is 318 g/mol. The number of aliphatic carboxylic acids is 1. The molecule has 1 aliphatic heterocycles. The molecule has 7 heteroatoms. The molecule has 0 aliphatic carbocycles. The van der Waals surface area contributed by atoms with Crippen molar-refractivity contribution in [2.75, 3.05) is 6.54 Å². The number of rotatable bonds is 3. The summed E-state index contributed by atoms with van der Waals surface area (Å²) in [6.45, 7) is 2.15. The highest BCUT2D eigenvalue weighted by atomic mass is 35.5. The Kier molecular flexibility index (Phi) is 4.36. The van der Waals surface area contributed by atoms with Crippen molar-refractivity contribution in [2.45, 2.75) is 30.7 Å². The van der Waals surface area contributed by atoms with Crippen LogP contribution in [0.2, 0.25) is 5.02 Å². The van der Waals surface area contributed by atoms with Crippen LogP contribution in [0.4, 0.5) is 0 Å². The van der Waals surface area contributed by atoms with E-state index in [9.17, 15) is 18.3 Å². The quantitative estimate of drug-likeness (QED) is 0.927. The second-order valence-corrected chi connectivity index (χ2v) is 7.38. The summed E-state index contributed by atoms with van der Waals surface area (Å²) in [5.41, 5.74) is 0. The molecular weight excluding hydrogens is 302 g/mol. The first-order valence-corrected chi connectivity index (χ1v) is 8.14. The van der Waals surface area contributed by atoms with Gasteiger partial charge in [-0.25, -0.2) is 8.42 Å². The zero-order valence-electron chi connectivity index (χ0n) is 11.0. The molecule has 2 unspecified atom stereocenters. The summed E-state index contributed by atoms with van der Waals surface area (Å²) < 4.78 is 26.2. The molecule has 0 spiro atoms. The molecule has 0 aromatic heterocycles. The van der Waals surface area contributed by atoms with E-state index in [0.717, 1.165) is 4.31 Å². The standard InChI is InChI=1S/C13H16ClNO4S/c1-9-5-6-15(12(7-9)13(16)17)20(18,19)11-4-2-3-10(14)8-11/h2-4,8-9,12H,5-7H2,1H3,(H,16,17). The van der Waals surface area contributed by atoms with Crippen LogP contribution >= 0.6 is 11.6 Å². The van der Waals surface area contributed by atoms with E-state index in [4.69, 9.17) is 11.6 Å². The Morgan fingerprint density at radius 2 is 2.15 bits per heavy atom. The topological polar surface area (TPSA) is 74.7 Å². The smallest absolute Gasteiger partial charge is 0.322 e. The number of piperidine rings is 1. The van der Waals surface area contributed by atoms with Crippen LogP contribution in [0.3, 0.4) is 0 Å². The van der Waals surface area contributed by atoms with Crippen LogP contribution < -0.4 is 0 Å². The highest BCUT2D eigenvalue weighted by Gasteiger charge is 2.39. The third-order valence-corrected chi connectivity index (χ3v) is 5.64. The molecule has 1 saturated heterocycles. The number of hydrogen-bond acceptors (Lipinski definition) is 3. The highest BCUT2D eigenvalue weighted by Crippen LogP contribution is 2.29. The summed E-state index contributed by atoms with van der Waals surface area (Å²) in [7, 11) is -3.83. The number of sulfonamides is 1. The molecule has 1 aliphatic rings. The van der Waals surface area contributed by atoms with Crippen LogP contribution in [0.5, 0.6) is 0 Å². The molecular formula is C13H16ClNO4S. The first kappa shape index (κ1) is 15.3. The summed E-state index contributed by atoms with van der Waals surface area (Å²) in [5, 5.41) is 9.57. The Morgan fingerprint density at radius 3 is 2.75 bits per heavy atom. The fourth-order valence-corrected chi connectivity index (χ4v) is 4.30. The Hall–Kier alpha value is -1.11. The SMILES string of the molecule is CC1CCN(S(=O)(=O)c2cccc(Cl)c2)C(C(=O)O)C1. The lowest BCUT2D eigenvalue weighted by Gasteiger charge is -2.34. The first-order chi connectivity index (χ1) is 9.32. The van der Waals surface area contributed by atoms with Crippen molar-refractivity contribution in [1.29, 1.82) is 0 Å². The van der Waals surface area contributed by atoms with E-state index in [2.05, 4.69) is 0 Å². The molecule has 1 heterocycles. The lowest BCUT2D eigenvalue weighted by molar-refractivity contribution is -0.142.